The molecule has 0 saturated heterocycles. The fourth-order valence-corrected chi connectivity index (χ4v) is 4.25. The van der Waals surface area contributed by atoms with Crippen molar-refractivity contribution in [3.05, 3.63) is 92.5 Å². The van der Waals surface area contributed by atoms with Crippen molar-refractivity contribution in [2.75, 3.05) is 16.1 Å². The first-order valence-corrected chi connectivity index (χ1v) is 12.1. The van der Waals surface area contributed by atoms with Gasteiger partial charge in [-0.3, -0.25) is 19.8 Å². The summed E-state index contributed by atoms with van der Waals surface area (Å²) in [6.07, 6.45) is 0.859. The smallest absolute Gasteiger partial charge is 0.319 e. The number of halogens is 3. The molecule has 0 bridgehead atoms. The van der Waals surface area contributed by atoms with Crippen LogP contribution in [0.1, 0.15) is 23.0 Å². The molecule has 178 valence electrons. The molecule has 35 heavy (non-hydrogen) atoms. The second kappa shape index (κ2) is 10.5. The van der Waals surface area contributed by atoms with Crippen LogP contribution in [0.25, 0.3) is 10.9 Å². The van der Waals surface area contributed by atoms with Gasteiger partial charge in [-0.2, -0.15) is 0 Å². The van der Waals surface area contributed by atoms with E-state index in [1.807, 2.05) is 19.1 Å². The van der Waals surface area contributed by atoms with E-state index >= 15 is 0 Å². The number of amides is 3. The second-order valence-corrected chi connectivity index (χ2v) is 9.35. The molecule has 0 aliphatic heterocycles. The Hall–Kier alpha value is -3.33. The first kappa shape index (κ1) is 24.8. The minimum atomic E-state index is -0.941. The number of anilines is 2. The molecule has 0 atom stereocenters. The van der Waals surface area contributed by atoms with E-state index in [2.05, 4.69) is 32.0 Å². The number of nitrogens with one attached hydrogen (secondary N) is 3. The Labute approximate surface area is 219 Å². The molecule has 0 fully saturated rings. The number of carbonyl (C=O) groups excluding carboxylic acids is 3. The van der Waals surface area contributed by atoms with Crippen LogP contribution in [0.15, 0.2) is 71.2 Å². The van der Waals surface area contributed by atoms with Gasteiger partial charge in [-0.15, -0.1) is 0 Å². The number of benzene rings is 3. The molecule has 0 aliphatic carbocycles. The highest BCUT2D eigenvalue weighted by Gasteiger charge is 2.22. The van der Waals surface area contributed by atoms with E-state index in [4.69, 9.17) is 23.2 Å². The summed E-state index contributed by atoms with van der Waals surface area (Å²) >= 11 is 15.5. The maximum atomic E-state index is 13.1. The number of rotatable bonds is 5. The van der Waals surface area contributed by atoms with E-state index in [0.29, 0.717) is 27.3 Å². The monoisotopic (exact) mass is 572 g/mol. The van der Waals surface area contributed by atoms with Crippen LogP contribution < -0.4 is 16.1 Å². The molecule has 10 heteroatoms. The van der Waals surface area contributed by atoms with E-state index < -0.39 is 17.7 Å². The SMILES string of the molecule is CCc1ccc(NC(=O)C(=O)Nn2c(C(=O)Nc3ccc(Cl)cc3Cl)cc3cc(Br)ccc32)cc1. The third kappa shape index (κ3) is 5.67. The minimum Gasteiger partial charge on any atom is -0.319 e. The van der Waals surface area contributed by atoms with Gasteiger partial charge in [-0.1, -0.05) is 58.2 Å². The highest BCUT2D eigenvalue weighted by atomic mass is 79.9. The lowest BCUT2D eigenvalue weighted by Crippen LogP contribution is -2.36. The number of nitrogens with zero attached hydrogens (tertiary/aromatic N) is 1. The summed E-state index contributed by atoms with van der Waals surface area (Å²) in [5, 5.41) is 6.62. The second-order valence-electron chi connectivity index (χ2n) is 7.59. The lowest BCUT2D eigenvalue weighted by atomic mass is 10.1. The normalized spacial score (nSPS) is 10.7. The number of aryl methyl sites for hydroxylation is 1. The van der Waals surface area contributed by atoms with E-state index in [1.54, 1.807) is 48.5 Å². The maximum Gasteiger partial charge on any atom is 0.328 e. The van der Waals surface area contributed by atoms with E-state index in [9.17, 15) is 14.4 Å². The van der Waals surface area contributed by atoms with Crippen molar-refractivity contribution in [3.8, 4) is 0 Å². The zero-order valence-electron chi connectivity index (χ0n) is 18.4. The van der Waals surface area contributed by atoms with Gasteiger partial charge in [0.05, 0.1) is 16.2 Å². The fraction of sp³-hybridized carbons (Fsp3) is 0.0800. The number of carbonyl (C=O) groups is 3. The molecule has 1 aromatic heterocycles. The Morgan fingerprint density at radius 2 is 1.63 bits per heavy atom. The summed E-state index contributed by atoms with van der Waals surface area (Å²) in [6.45, 7) is 2.02. The minimum absolute atomic E-state index is 0.0950. The predicted molar refractivity (Wildman–Crippen MR) is 143 cm³/mol. The average Bonchev–Trinajstić information content (AvgIpc) is 3.18. The molecule has 0 saturated carbocycles. The fourth-order valence-electron chi connectivity index (χ4n) is 3.41. The van der Waals surface area contributed by atoms with Gasteiger partial charge in [0.1, 0.15) is 5.69 Å². The quantitative estimate of drug-likeness (QED) is 0.247. The molecule has 4 aromatic rings. The van der Waals surface area contributed by atoms with E-state index in [-0.39, 0.29) is 10.7 Å². The van der Waals surface area contributed by atoms with Gasteiger partial charge in [0.2, 0.25) is 0 Å². The summed E-state index contributed by atoms with van der Waals surface area (Å²) in [5.74, 6) is -2.36. The first-order chi connectivity index (χ1) is 16.7. The summed E-state index contributed by atoms with van der Waals surface area (Å²) in [4.78, 5) is 38.5. The standard InChI is InChI=1S/C25H19BrCl2N4O3/c1-2-14-3-7-18(8-4-14)29-24(34)25(35)31-32-21-10-5-16(26)11-15(21)12-22(32)23(33)30-20-9-6-17(27)13-19(20)28/h3-13H,2H2,1H3,(H,29,34)(H,30,33)(H,31,35). The predicted octanol–water partition coefficient (Wildman–Crippen LogP) is 6.23. The van der Waals surface area contributed by atoms with Crippen LogP contribution in [0.4, 0.5) is 11.4 Å². The van der Waals surface area contributed by atoms with Crippen LogP contribution in [-0.4, -0.2) is 22.4 Å². The van der Waals surface area contributed by atoms with Gasteiger partial charge < -0.3 is 10.6 Å². The van der Waals surface area contributed by atoms with Crippen LogP contribution >= 0.6 is 39.1 Å². The average molecular weight is 574 g/mol. The van der Waals surface area contributed by atoms with E-state index in [1.165, 1.54) is 10.7 Å². The van der Waals surface area contributed by atoms with Gasteiger partial charge in [0.15, 0.2) is 0 Å². The zero-order valence-corrected chi connectivity index (χ0v) is 21.5. The molecule has 0 unspecified atom stereocenters. The van der Waals surface area contributed by atoms with Crippen molar-refractivity contribution >= 4 is 79.1 Å². The zero-order chi connectivity index (χ0) is 25.1. The summed E-state index contributed by atoms with van der Waals surface area (Å²) < 4.78 is 2.05. The first-order valence-electron chi connectivity index (χ1n) is 10.5. The molecule has 0 spiro atoms. The van der Waals surface area contributed by atoms with Crippen molar-refractivity contribution in [1.82, 2.24) is 4.68 Å². The number of hydrogen-bond donors (Lipinski definition) is 3. The number of aromatic nitrogens is 1. The number of hydrogen-bond acceptors (Lipinski definition) is 3. The van der Waals surface area contributed by atoms with Crippen LogP contribution in [0.3, 0.4) is 0 Å². The van der Waals surface area contributed by atoms with Crippen molar-refractivity contribution in [2.24, 2.45) is 0 Å². The van der Waals surface area contributed by atoms with Crippen molar-refractivity contribution in [2.45, 2.75) is 13.3 Å². The molecule has 1 heterocycles. The van der Waals surface area contributed by atoms with Gasteiger partial charge in [0.25, 0.3) is 5.91 Å². The van der Waals surface area contributed by atoms with Crippen molar-refractivity contribution < 1.29 is 14.4 Å². The summed E-state index contributed by atoms with van der Waals surface area (Å²) in [6, 6.07) is 18.7. The highest BCUT2D eigenvalue weighted by molar-refractivity contribution is 9.10. The third-order valence-electron chi connectivity index (χ3n) is 5.22. The molecule has 0 aliphatic rings. The Kier molecular flexibility index (Phi) is 7.45. The van der Waals surface area contributed by atoms with Crippen LogP contribution in [-0.2, 0) is 16.0 Å². The Morgan fingerprint density at radius 1 is 0.886 bits per heavy atom. The third-order valence-corrected chi connectivity index (χ3v) is 6.26. The maximum absolute atomic E-state index is 13.1. The number of fused-ring (bicyclic) bond motifs is 1. The molecule has 3 aromatic carbocycles. The largest absolute Gasteiger partial charge is 0.328 e. The van der Waals surface area contributed by atoms with Gasteiger partial charge >= 0.3 is 11.8 Å². The lowest BCUT2D eigenvalue weighted by Gasteiger charge is -2.13. The highest BCUT2D eigenvalue weighted by Crippen LogP contribution is 2.27. The van der Waals surface area contributed by atoms with Gasteiger partial charge in [-0.25, -0.2) is 4.68 Å². The molecular weight excluding hydrogens is 555 g/mol. The Bertz CT molecular complexity index is 1450. The molecule has 4 rings (SSSR count). The molecule has 0 radical (unpaired) electrons. The lowest BCUT2D eigenvalue weighted by molar-refractivity contribution is -0.133. The van der Waals surface area contributed by atoms with Crippen molar-refractivity contribution in [3.63, 3.8) is 0 Å². The van der Waals surface area contributed by atoms with Gasteiger partial charge in [-0.05, 0) is 66.6 Å². The molecule has 7 nitrogen and oxygen atoms in total. The Balaban J connectivity index is 1.61. The molecule has 3 amide bonds. The van der Waals surface area contributed by atoms with Crippen LogP contribution in [0.2, 0.25) is 10.0 Å². The molecule has 3 N–H and O–H groups in total. The van der Waals surface area contributed by atoms with Crippen LogP contribution in [0, 0.1) is 0 Å². The Morgan fingerprint density at radius 3 is 2.31 bits per heavy atom. The van der Waals surface area contributed by atoms with Crippen molar-refractivity contribution in [1.29, 1.82) is 0 Å². The summed E-state index contributed by atoms with van der Waals surface area (Å²) in [7, 11) is 0. The summed E-state index contributed by atoms with van der Waals surface area (Å²) in [5.41, 5.74) is 5.08. The van der Waals surface area contributed by atoms with E-state index in [0.717, 1.165) is 16.5 Å². The van der Waals surface area contributed by atoms with Crippen LogP contribution in [0.5, 0.6) is 0 Å². The topological polar surface area (TPSA) is 92.2 Å². The van der Waals surface area contributed by atoms with Gasteiger partial charge in [0, 0.05) is 20.6 Å². The molecular formula is C25H19BrCl2N4O3.